The number of aromatic nitrogens is 2. The molecule has 0 saturated carbocycles. The molecule has 366 valence electrons. The first-order chi connectivity index (χ1) is 33.9. The Morgan fingerprint density at radius 1 is 0.403 bits per heavy atom. The second-order valence-electron chi connectivity index (χ2n) is 24.8. The number of pyridine rings is 1. The maximum absolute atomic E-state index is 6.96. The van der Waals surface area contributed by atoms with Crippen LogP contribution in [0.15, 0.2) is 170 Å². The lowest BCUT2D eigenvalue weighted by atomic mass is 9.74. The third-order valence-corrected chi connectivity index (χ3v) is 15.0. The van der Waals surface area contributed by atoms with Gasteiger partial charge in [-0.15, -0.1) is 0 Å². The van der Waals surface area contributed by atoms with Crippen LogP contribution in [0.2, 0.25) is 0 Å². The van der Waals surface area contributed by atoms with Gasteiger partial charge < -0.3 is 14.5 Å². The standard InChI is InChI=1S/C67H72N4O/c1-63(2,3)47-32-33-68-62(38-47)71-58-31-28-45(44-22-17-15-18-23-44)34-55(58)54-30-29-53(40-59(54)71)72-52-27-21-26-50(39-52)69-43-70(61-42-57(66(10,11)12)56(41-60(61)69)65(7,8)9)51-36-48(64(4,5)6)35-49(37-51)67(13,14)46-24-19-16-20-25-46/h15-42H,43H2,1-14H3. The van der Waals surface area contributed by atoms with Crippen molar-refractivity contribution in [3.63, 3.8) is 0 Å². The van der Waals surface area contributed by atoms with Crippen LogP contribution in [-0.4, -0.2) is 16.2 Å². The van der Waals surface area contributed by atoms with Crippen molar-refractivity contribution >= 4 is 44.6 Å². The van der Waals surface area contributed by atoms with E-state index in [2.05, 4.69) is 275 Å². The lowest BCUT2D eigenvalue weighted by Gasteiger charge is -2.33. The van der Waals surface area contributed by atoms with E-state index in [1.54, 1.807) is 0 Å². The number of nitrogens with zero attached hydrogens (tertiary/aromatic N) is 4. The van der Waals surface area contributed by atoms with Gasteiger partial charge in [0.15, 0.2) is 0 Å². The van der Waals surface area contributed by atoms with Gasteiger partial charge in [0.25, 0.3) is 0 Å². The van der Waals surface area contributed by atoms with Crippen molar-refractivity contribution in [1.82, 2.24) is 9.55 Å². The van der Waals surface area contributed by atoms with E-state index in [-0.39, 0.29) is 27.1 Å². The third kappa shape index (κ3) is 9.08. The molecule has 0 spiro atoms. The molecule has 0 bridgehead atoms. The van der Waals surface area contributed by atoms with Crippen LogP contribution in [0.5, 0.6) is 11.5 Å². The maximum atomic E-state index is 6.96. The van der Waals surface area contributed by atoms with Crippen molar-refractivity contribution in [3.05, 3.63) is 203 Å². The van der Waals surface area contributed by atoms with Crippen LogP contribution in [0, 0.1) is 0 Å². The summed E-state index contributed by atoms with van der Waals surface area (Å²) in [4.78, 5) is 10.0. The van der Waals surface area contributed by atoms with E-state index in [9.17, 15) is 0 Å². The zero-order valence-electron chi connectivity index (χ0n) is 45.1. The zero-order valence-corrected chi connectivity index (χ0v) is 45.1. The Labute approximate surface area is 429 Å². The van der Waals surface area contributed by atoms with Crippen LogP contribution < -0.4 is 14.5 Å². The van der Waals surface area contributed by atoms with Crippen molar-refractivity contribution in [3.8, 4) is 28.4 Å². The molecule has 0 fully saturated rings. The van der Waals surface area contributed by atoms with Crippen LogP contribution in [0.1, 0.15) is 130 Å². The van der Waals surface area contributed by atoms with Gasteiger partial charge in [-0.2, -0.15) is 0 Å². The Kier molecular flexibility index (Phi) is 11.8. The smallest absolute Gasteiger partial charge is 0.137 e. The zero-order chi connectivity index (χ0) is 51.1. The predicted octanol–water partition coefficient (Wildman–Crippen LogP) is 18.4. The first-order valence-electron chi connectivity index (χ1n) is 25.8. The fourth-order valence-corrected chi connectivity index (χ4v) is 10.5. The first-order valence-corrected chi connectivity index (χ1v) is 25.8. The molecule has 0 amide bonds. The predicted molar refractivity (Wildman–Crippen MR) is 306 cm³/mol. The Balaban J connectivity index is 1.09. The maximum Gasteiger partial charge on any atom is 0.137 e. The summed E-state index contributed by atoms with van der Waals surface area (Å²) in [7, 11) is 0. The number of benzene rings is 7. The van der Waals surface area contributed by atoms with E-state index in [0.717, 1.165) is 39.4 Å². The SMILES string of the molecule is CC(C)(C)c1cc(N2CN(c3cccc(Oc4ccc5c6cc(-c7ccccc7)ccc6n(-c6cc(C(C)(C)C)ccn6)c5c4)c3)c3cc(C(C)(C)C)c(C(C)(C)C)cc32)cc(C(C)(C)c2ccccc2)c1. The van der Waals surface area contributed by atoms with Crippen molar-refractivity contribution in [2.24, 2.45) is 0 Å². The monoisotopic (exact) mass is 949 g/mol. The first kappa shape index (κ1) is 48.5. The lowest BCUT2D eigenvalue weighted by molar-refractivity contribution is 0.483. The Hall–Kier alpha value is -7.11. The summed E-state index contributed by atoms with van der Waals surface area (Å²) >= 11 is 0. The minimum absolute atomic E-state index is 0.0367. The van der Waals surface area contributed by atoms with Gasteiger partial charge in [0.2, 0.25) is 0 Å². The Morgan fingerprint density at radius 2 is 1.01 bits per heavy atom. The van der Waals surface area contributed by atoms with E-state index in [1.807, 2.05) is 6.20 Å². The van der Waals surface area contributed by atoms with Gasteiger partial charge in [0, 0.05) is 45.9 Å². The van der Waals surface area contributed by atoms with Crippen LogP contribution in [0.25, 0.3) is 38.8 Å². The normalized spacial score (nSPS) is 13.6. The highest BCUT2D eigenvalue weighted by atomic mass is 16.5. The molecule has 0 saturated heterocycles. The van der Waals surface area contributed by atoms with Crippen molar-refractivity contribution < 1.29 is 4.74 Å². The number of hydrogen-bond donors (Lipinski definition) is 0. The topological polar surface area (TPSA) is 33.5 Å². The fraction of sp³-hybridized carbons (Fsp3) is 0.299. The highest BCUT2D eigenvalue weighted by Gasteiger charge is 2.36. The summed E-state index contributed by atoms with van der Waals surface area (Å²) < 4.78 is 9.26. The third-order valence-electron chi connectivity index (χ3n) is 15.0. The highest BCUT2D eigenvalue weighted by Crippen LogP contribution is 2.51. The Bertz CT molecular complexity index is 3480. The average molecular weight is 949 g/mol. The highest BCUT2D eigenvalue weighted by molar-refractivity contribution is 6.10. The second kappa shape index (κ2) is 17.6. The van der Waals surface area contributed by atoms with Crippen LogP contribution in [-0.2, 0) is 27.1 Å². The summed E-state index contributed by atoms with van der Waals surface area (Å²) in [6.45, 7) is 33.2. The quantitative estimate of drug-likeness (QED) is 0.152. The molecule has 0 aliphatic carbocycles. The number of rotatable bonds is 8. The Morgan fingerprint density at radius 3 is 1.65 bits per heavy atom. The summed E-state index contributed by atoms with van der Waals surface area (Å²) in [6.07, 6.45) is 1.94. The minimum Gasteiger partial charge on any atom is -0.457 e. The van der Waals surface area contributed by atoms with E-state index < -0.39 is 0 Å². The average Bonchev–Trinajstić information content (AvgIpc) is 3.88. The van der Waals surface area contributed by atoms with Gasteiger partial charge in [-0.3, -0.25) is 4.57 Å². The molecule has 7 aromatic carbocycles. The molecule has 2 aromatic heterocycles. The van der Waals surface area contributed by atoms with Gasteiger partial charge in [0.1, 0.15) is 24.0 Å². The van der Waals surface area contributed by atoms with Gasteiger partial charge >= 0.3 is 0 Å². The summed E-state index contributed by atoms with van der Waals surface area (Å²) in [5.74, 6) is 2.43. The molecule has 1 aliphatic heterocycles. The van der Waals surface area contributed by atoms with Crippen LogP contribution in [0.3, 0.4) is 0 Å². The number of ether oxygens (including phenoxy) is 1. The largest absolute Gasteiger partial charge is 0.457 e. The minimum atomic E-state index is -0.215. The lowest BCUT2D eigenvalue weighted by Crippen LogP contribution is -2.26. The molecule has 0 unspecified atom stereocenters. The van der Waals surface area contributed by atoms with Gasteiger partial charge in [0.05, 0.1) is 22.4 Å². The van der Waals surface area contributed by atoms with Crippen LogP contribution in [0.4, 0.5) is 22.7 Å². The molecule has 0 N–H and O–H groups in total. The van der Waals surface area contributed by atoms with E-state index >= 15 is 0 Å². The van der Waals surface area contributed by atoms with Gasteiger partial charge in [-0.25, -0.2) is 4.98 Å². The molecule has 0 atom stereocenters. The number of fused-ring (bicyclic) bond motifs is 4. The molecule has 0 radical (unpaired) electrons. The molecule has 72 heavy (non-hydrogen) atoms. The van der Waals surface area contributed by atoms with E-state index in [0.29, 0.717) is 6.67 Å². The van der Waals surface area contributed by atoms with Crippen molar-refractivity contribution in [2.45, 2.75) is 124 Å². The number of anilines is 4. The molecule has 10 rings (SSSR count). The summed E-state index contributed by atoms with van der Waals surface area (Å²) in [5.41, 5.74) is 16.6. The van der Waals surface area contributed by atoms with Crippen molar-refractivity contribution in [2.75, 3.05) is 16.5 Å². The van der Waals surface area contributed by atoms with E-state index in [4.69, 9.17) is 9.72 Å². The molecule has 5 nitrogen and oxygen atoms in total. The molecule has 9 aromatic rings. The second-order valence-corrected chi connectivity index (χ2v) is 24.8. The molecular formula is C67H72N4O. The molecule has 3 heterocycles. The van der Waals surface area contributed by atoms with Crippen LogP contribution >= 0.6 is 0 Å². The fourth-order valence-electron chi connectivity index (χ4n) is 10.5. The van der Waals surface area contributed by atoms with Crippen molar-refractivity contribution in [1.29, 1.82) is 0 Å². The molecule has 1 aliphatic rings. The molecular weight excluding hydrogens is 877 g/mol. The van der Waals surface area contributed by atoms with E-state index in [1.165, 1.54) is 67.0 Å². The summed E-state index contributed by atoms with van der Waals surface area (Å²) in [5, 5.41) is 2.32. The number of hydrogen-bond acceptors (Lipinski definition) is 4. The van der Waals surface area contributed by atoms with Gasteiger partial charge in [-0.1, -0.05) is 176 Å². The summed E-state index contributed by atoms with van der Waals surface area (Å²) in [6, 6.07) is 60.1. The van der Waals surface area contributed by atoms with Gasteiger partial charge in [-0.05, 0) is 139 Å². The molecule has 5 heteroatoms.